The summed E-state index contributed by atoms with van der Waals surface area (Å²) in [7, 11) is 0. The van der Waals surface area contributed by atoms with Gasteiger partial charge in [0.25, 0.3) is 0 Å². The summed E-state index contributed by atoms with van der Waals surface area (Å²) >= 11 is 0. The van der Waals surface area contributed by atoms with E-state index in [1.54, 1.807) is 0 Å². The first kappa shape index (κ1) is 13.5. The second-order valence-corrected chi connectivity index (χ2v) is 4.88. The second-order valence-electron chi connectivity index (χ2n) is 4.88. The summed E-state index contributed by atoms with van der Waals surface area (Å²) < 4.78 is 0. The first-order chi connectivity index (χ1) is 7.60. The van der Waals surface area contributed by atoms with Gasteiger partial charge in [0.05, 0.1) is 0 Å². The van der Waals surface area contributed by atoms with Crippen LogP contribution in [0.1, 0.15) is 52.9 Å². The number of hydrogen-bond acceptors (Lipinski definition) is 2. The Hall–Kier alpha value is -0.570. The number of rotatable bonds is 5. The zero-order valence-electron chi connectivity index (χ0n) is 10.8. The van der Waals surface area contributed by atoms with Crippen LogP contribution in [0.25, 0.3) is 0 Å². The van der Waals surface area contributed by atoms with Crippen molar-refractivity contribution in [3.8, 4) is 0 Å². The standard InChI is InChI=1S/C13H25NO2/c1-4-11-7-9-14(10-8-11)13(5-2,6-3)12(15)16/h11H,4-10H2,1-3H3,(H,15,16). The third kappa shape index (κ3) is 2.40. The van der Waals surface area contributed by atoms with E-state index in [-0.39, 0.29) is 0 Å². The molecule has 1 saturated heterocycles. The van der Waals surface area contributed by atoms with Crippen LogP contribution in [0.3, 0.4) is 0 Å². The quantitative estimate of drug-likeness (QED) is 0.785. The third-order valence-corrected chi connectivity index (χ3v) is 4.37. The molecule has 1 rings (SSSR count). The molecule has 3 nitrogen and oxygen atoms in total. The molecule has 1 heterocycles. The Balaban J connectivity index is 2.71. The fourth-order valence-electron chi connectivity index (χ4n) is 2.90. The summed E-state index contributed by atoms with van der Waals surface area (Å²) in [6.45, 7) is 8.11. The van der Waals surface area contributed by atoms with Crippen molar-refractivity contribution >= 4 is 5.97 Å². The van der Waals surface area contributed by atoms with E-state index in [1.807, 2.05) is 13.8 Å². The van der Waals surface area contributed by atoms with Gasteiger partial charge in [0, 0.05) is 0 Å². The first-order valence-electron chi connectivity index (χ1n) is 6.59. The van der Waals surface area contributed by atoms with E-state index in [1.165, 1.54) is 6.42 Å². The van der Waals surface area contributed by atoms with E-state index in [0.717, 1.165) is 31.8 Å². The third-order valence-electron chi connectivity index (χ3n) is 4.37. The summed E-state index contributed by atoms with van der Waals surface area (Å²) in [5, 5.41) is 9.46. The van der Waals surface area contributed by atoms with Crippen LogP contribution < -0.4 is 0 Å². The van der Waals surface area contributed by atoms with Crippen LogP contribution in [-0.2, 0) is 4.79 Å². The Labute approximate surface area is 98.8 Å². The van der Waals surface area contributed by atoms with E-state index < -0.39 is 11.5 Å². The zero-order valence-corrected chi connectivity index (χ0v) is 10.8. The lowest BCUT2D eigenvalue weighted by atomic mass is 9.85. The molecule has 1 aliphatic rings. The van der Waals surface area contributed by atoms with Gasteiger partial charge in [0.15, 0.2) is 0 Å². The highest BCUT2D eigenvalue weighted by Gasteiger charge is 2.41. The van der Waals surface area contributed by atoms with Crippen LogP contribution in [0, 0.1) is 5.92 Å². The fraction of sp³-hybridized carbons (Fsp3) is 0.923. The molecular formula is C13H25NO2. The number of nitrogens with zero attached hydrogens (tertiary/aromatic N) is 1. The van der Waals surface area contributed by atoms with Crippen molar-refractivity contribution < 1.29 is 9.90 Å². The molecule has 0 aromatic rings. The SMILES string of the molecule is CCC1CCN(C(CC)(CC)C(=O)O)CC1. The molecule has 3 heteroatoms. The lowest BCUT2D eigenvalue weighted by molar-refractivity contribution is -0.153. The van der Waals surface area contributed by atoms with Crippen molar-refractivity contribution in [1.29, 1.82) is 0 Å². The fourth-order valence-corrected chi connectivity index (χ4v) is 2.90. The number of hydrogen-bond donors (Lipinski definition) is 1. The minimum absolute atomic E-state index is 0.612. The van der Waals surface area contributed by atoms with Crippen molar-refractivity contribution in [2.24, 2.45) is 5.92 Å². The minimum Gasteiger partial charge on any atom is -0.480 e. The molecule has 0 unspecified atom stereocenters. The predicted molar refractivity (Wildman–Crippen MR) is 65.5 cm³/mol. The number of carboxylic acid groups (broad SMARTS) is 1. The summed E-state index contributed by atoms with van der Waals surface area (Å²) in [5.41, 5.74) is -0.612. The maximum atomic E-state index is 11.5. The normalized spacial score (nSPS) is 19.9. The Morgan fingerprint density at radius 1 is 1.25 bits per heavy atom. The number of carboxylic acids is 1. The van der Waals surface area contributed by atoms with Gasteiger partial charge in [-0.3, -0.25) is 9.69 Å². The first-order valence-corrected chi connectivity index (χ1v) is 6.59. The molecule has 0 aromatic carbocycles. The Morgan fingerprint density at radius 3 is 2.06 bits per heavy atom. The Morgan fingerprint density at radius 2 is 1.75 bits per heavy atom. The Kier molecular flexibility index (Phi) is 4.78. The number of likely N-dealkylation sites (tertiary alicyclic amines) is 1. The van der Waals surface area contributed by atoms with Gasteiger partial charge in [-0.15, -0.1) is 0 Å². The lowest BCUT2D eigenvalue weighted by Gasteiger charge is -2.43. The summed E-state index contributed by atoms with van der Waals surface area (Å²) in [4.78, 5) is 13.7. The van der Waals surface area contributed by atoms with Gasteiger partial charge in [-0.05, 0) is 44.7 Å². The van der Waals surface area contributed by atoms with Crippen LogP contribution in [0.15, 0.2) is 0 Å². The van der Waals surface area contributed by atoms with E-state index in [0.29, 0.717) is 12.8 Å². The molecule has 0 aliphatic carbocycles. The molecule has 1 aliphatic heterocycles. The van der Waals surface area contributed by atoms with Gasteiger partial charge in [-0.2, -0.15) is 0 Å². The van der Waals surface area contributed by atoms with E-state index in [9.17, 15) is 9.90 Å². The summed E-state index contributed by atoms with van der Waals surface area (Å²) in [5.74, 6) is 0.156. The molecule has 0 radical (unpaired) electrons. The maximum Gasteiger partial charge on any atom is 0.324 e. The van der Waals surface area contributed by atoms with Gasteiger partial charge in [-0.1, -0.05) is 27.2 Å². The highest BCUT2D eigenvalue weighted by atomic mass is 16.4. The van der Waals surface area contributed by atoms with Gasteiger partial charge < -0.3 is 5.11 Å². The smallest absolute Gasteiger partial charge is 0.324 e. The molecule has 94 valence electrons. The number of carbonyl (C=O) groups is 1. The molecule has 0 aromatic heterocycles. The van der Waals surface area contributed by atoms with Crippen molar-refractivity contribution in [3.63, 3.8) is 0 Å². The van der Waals surface area contributed by atoms with Crippen LogP contribution in [0.2, 0.25) is 0 Å². The highest BCUT2D eigenvalue weighted by Crippen LogP contribution is 2.30. The van der Waals surface area contributed by atoms with E-state index >= 15 is 0 Å². The maximum absolute atomic E-state index is 11.5. The average molecular weight is 227 g/mol. The molecule has 16 heavy (non-hydrogen) atoms. The minimum atomic E-state index is -0.646. The highest BCUT2D eigenvalue weighted by molar-refractivity contribution is 5.78. The topological polar surface area (TPSA) is 40.5 Å². The average Bonchev–Trinajstić information content (AvgIpc) is 2.32. The molecule has 0 atom stereocenters. The number of piperidine rings is 1. The number of aliphatic carboxylic acids is 1. The molecule has 0 bridgehead atoms. The molecular weight excluding hydrogens is 202 g/mol. The van der Waals surface area contributed by atoms with Gasteiger partial charge >= 0.3 is 5.97 Å². The van der Waals surface area contributed by atoms with Crippen molar-refractivity contribution in [2.75, 3.05) is 13.1 Å². The van der Waals surface area contributed by atoms with Crippen LogP contribution in [0.5, 0.6) is 0 Å². The molecule has 1 N–H and O–H groups in total. The van der Waals surface area contributed by atoms with E-state index in [2.05, 4.69) is 11.8 Å². The Bertz CT molecular complexity index is 228. The zero-order chi connectivity index (χ0) is 12.2. The van der Waals surface area contributed by atoms with Crippen LogP contribution in [0.4, 0.5) is 0 Å². The van der Waals surface area contributed by atoms with Gasteiger partial charge in [-0.25, -0.2) is 0 Å². The molecule has 1 fully saturated rings. The largest absolute Gasteiger partial charge is 0.480 e. The molecule has 0 amide bonds. The summed E-state index contributed by atoms with van der Waals surface area (Å²) in [6, 6.07) is 0. The van der Waals surface area contributed by atoms with E-state index in [4.69, 9.17) is 0 Å². The van der Waals surface area contributed by atoms with Crippen LogP contribution >= 0.6 is 0 Å². The monoisotopic (exact) mass is 227 g/mol. The van der Waals surface area contributed by atoms with Crippen LogP contribution in [-0.4, -0.2) is 34.6 Å². The van der Waals surface area contributed by atoms with Gasteiger partial charge in [0.1, 0.15) is 5.54 Å². The molecule has 0 spiro atoms. The van der Waals surface area contributed by atoms with Crippen molar-refractivity contribution in [2.45, 2.75) is 58.4 Å². The second kappa shape index (κ2) is 5.67. The van der Waals surface area contributed by atoms with Crippen molar-refractivity contribution in [3.05, 3.63) is 0 Å². The molecule has 0 saturated carbocycles. The summed E-state index contributed by atoms with van der Waals surface area (Å²) in [6.07, 6.45) is 4.95. The van der Waals surface area contributed by atoms with Crippen molar-refractivity contribution in [1.82, 2.24) is 4.90 Å². The van der Waals surface area contributed by atoms with Gasteiger partial charge in [0.2, 0.25) is 0 Å². The predicted octanol–water partition coefficient (Wildman–Crippen LogP) is 2.75. The lowest BCUT2D eigenvalue weighted by Crippen LogP contribution is -2.56.